The standard InChI is InChI=1S/C22H20N6O3S/c29-21-26-24-13-28(21)15-5-8-27(9-6-15)11-14-12-30-18-10-16(3-4-17(14)18)31-22-25-20-19(32-22)2-1-7-23-20/h1-4,7,10,12-13,15H,5-6,8-9,11H2,(H,26,29). The number of hydrogen-bond donors (Lipinski definition) is 1. The minimum absolute atomic E-state index is 0.135. The average Bonchev–Trinajstić information content (AvgIpc) is 3.52. The maximum absolute atomic E-state index is 11.8. The van der Waals surface area contributed by atoms with Gasteiger partial charge < -0.3 is 9.15 Å². The number of furan rings is 1. The van der Waals surface area contributed by atoms with Crippen LogP contribution in [0.3, 0.4) is 0 Å². The fourth-order valence-corrected chi connectivity index (χ4v) is 5.05. The molecule has 0 spiro atoms. The minimum Gasteiger partial charge on any atom is -0.464 e. The Balaban J connectivity index is 1.14. The maximum Gasteiger partial charge on any atom is 0.343 e. The van der Waals surface area contributed by atoms with Crippen molar-refractivity contribution >= 4 is 32.7 Å². The van der Waals surface area contributed by atoms with Gasteiger partial charge in [-0.25, -0.2) is 14.9 Å². The van der Waals surface area contributed by atoms with Gasteiger partial charge in [0.1, 0.15) is 17.7 Å². The predicted octanol–water partition coefficient (Wildman–Crippen LogP) is 3.95. The van der Waals surface area contributed by atoms with Gasteiger partial charge >= 0.3 is 5.69 Å². The van der Waals surface area contributed by atoms with Crippen LogP contribution >= 0.6 is 11.3 Å². The SMILES string of the molecule is O=c1[nH]ncn1C1CCN(Cc2coc3cc(Oc4nc5ncccc5s4)ccc23)CC1. The van der Waals surface area contributed by atoms with Crippen LogP contribution in [0.5, 0.6) is 10.9 Å². The summed E-state index contributed by atoms with van der Waals surface area (Å²) in [6, 6.07) is 9.95. The van der Waals surface area contributed by atoms with E-state index in [1.54, 1.807) is 17.1 Å². The first kappa shape index (κ1) is 19.2. The van der Waals surface area contributed by atoms with E-state index in [4.69, 9.17) is 9.15 Å². The van der Waals surface area contributed by atoms with E-state index < -0.39 is 0 Å². The van der Waals surface area contributed by atoms with Crippen molar-refractivity contribution in [2.75, 3.05) is 13.1 Å². The summed E-state index contributed by atoms with van der Waals surface area (Å²) in [7, 11) is 0. The molecular formula is C22H20N6O3S. The zero-order valence-corrected chi connectivity index (χ0v) is 17.9. The fourth-order valence-electron chi connectivity index (χ4n) is 4.26. The van der Waals surface area contributed by atoms with E-state index in [-0.39, 0.29) is 11.7 Å². The van der Waals surface area contributed by atoms with Gasteiger partial charge in [0.2, 0.25) is 0 Å². The highest BCUT2D eigenvalue weighted by atomic mass is 32.1. The number of hydrogen-bond acceptors (Lipinski definition) is 8. The fraction of sp³-hybridized carbons (Fsp3) is 0.273. The third-order valence-corrected chi connectivity index (χ3v) is 6.79. The van der Waals surface area contributed by atoms with Gasteiger partial charge in [-0.15, -0.1) is 0 Å². The molecule has 0 aliphatic carbocycles. The first-order valence-electron chi connectivity index (χ1n) is 10.5. The third-order valence-electron chi connectivity index (χ3n) is 5.90. The van der Waals surface area contributed by atoms with Crippen LogP contribution in [-0.4, -0.2) is 42.7 Å². The summed E-state index contributed by atoms with van der Waals surface area (Å²) in [5, 5.41) is 7.95. The quantitative estimate of drug-likeness (QED) is 0.434. The number of rotatable bonds is 5. The Bertz CT molecular complexity index is 1410. The van der Waals surface area contributed by atoms with Crippen molar-refractivity contribution in [3.8, 4) is 10.9 Å². The monoisotopic (exact) mass is 448 g/mol. The summed E-state index contributed by atoms with van der Waals surface area (Å²) in [5.74, 6) is 0.684. The molecule has 1 aromatic carbocycles. The summed E-state index contributed by atoms with van der Waals surface area (Å²) >= 11 is 1.47. The second-order valence-electron chi connectivity index (χ2n) is 7.90. The molecule has 1 aliphatic heterocycles. The van der Waals surface area contributed by atoms with Crippen molar-refractivity contribution in [2.24, 2.45) is 0 Å². The maximum atomic E-state index is 11.8. The second-order valence-corrected chi connectivity index (χ2v) is 8.90. The van der Waals surface area contributed by atoms with Gasteiger partial charge in [0.05, 0.1) is 11.0 Å². The van der Waals surface area contributed by atoms with Gasteiger partial charge in [-0.05, 0) is 37.1 Å². The Hall–Kier alpha value is -3.50. The zero-order chi connectivity index (χ0) is 21.5. The van der Waals surface area contributed by atoms with Crippen LogP contribution in [0.1, 0.15) is 24.4 Å². The number of pyridine rings is 1. The molecule has 9 nitrogen and oxygen atoms in total. The Morgan fingerprint density at radius 1 is 1.25 bits per heavy atom. The molecule has 1 aliphatic rings. The summed E-state index contributed by atoms with van der Waals surface area (Å²) in [5.41, 5.74) is 2.49. The Kier molecular flexibility index (Phi) is 4.73. The number of aromatic nitrogens is 5. The molecule has 162 valence electrons. The molecule has 5 aromatic rings. The lowest BCUT2D eigenvalue weighted by atomic mass is 10.0. The molecular weight excluding hydrogens is 428 g/mol. The van der Waals surface area contributed by atoms with Crippen LogP contribution in [0.4, 0.5) is 0 Å². The van der Waals surface area contributed by atoms with Crippen molar-refractivity contribution in [2.45, 2.75) is 25.4 Å². The van der Waals surface area contributed by atoms with Gasteiger partial charge in [0, 0.05) is 48.9 Å². The van der Waals surface area contributed by atoms with Crippen LogP contribution < -0.4 is 10.4 Å². The van der Waals surface area contributed by atoms with Crippen LogP contribution in [0.25, 0.3) is 21.3 Å². The Morgan fingerprint density at radius 3 is 2.97 bits per heavy atom. The van der Waals surface area contributed by atoms with Crippen molar-refractivity contribution in [3.63, 3.8) is 0 Å². The van der Waals surface area contributed by atoms with E-state index in [9.17, 15) is 4.79 Å². The van der Waals surface area contributed by atoms with Crippen molar-refractivity contribution < 1.29 is 9.15 Å². The smallest absolute Gasteiger partial charge is 0.343 e. The number of piperidine rings is 1. The largest absolute Gasteiger partial charge is 0.464 e. The van der Waals surface area contributed by atoms with E-state index in [0.29, 0.717) is 16.6 Å². The van der Waals surface area contributed by atoms with E-state index in [2.05, 4.69) is 25.1 Å². The molecule has 10 heteroatoms. The molecule has 0 amide bonds. The lowest BCUT2D eigenvalue weighted by Crippen LogP contribution is -2.36. The second kappa shape index (κ2) is 7.88. The molecule has 1 saturated heterocycles. The summed E-state index contributed by atoms with van der Waals surface area (Å²) in [6.45, 7) is 2.65. The van der Waals surface area contributed by atoms with E-state index in [1.807, 2.05) is 36.6 Å². The van der Waals surface area contributed by atoms with E-state index in [0.717, 1.165) is 53.7 Å². The lowest BCUT2D eigenvalue weighted by molar-refractivity contribution is 0.178. The first-order valence-corrected chi connectivity index (χ1v) is 11.3. The van der Waals surface area contributed by atoms with Gasteiger partial charge in [0.25, 0.3) is 5.19 Å². The summed E-state index contributed by atoms with van der Waals surface area (Å²) in [4.78, 5) is 22.9. The number of aromatic amines is 1. The third kappa shape index (κ3) is 3.57. The topological polar surface area (TPSA) is 102 Å². The minimum atomic E-state index is -0.135. The molecule has 0 unspecified atom stereocenters. The highest BCUT2D eigenvalue weighted by Gasteiger charge is 2.23. The molecule has 1 N–H and O–H groups in total. The Morgan fingerprint density at radius 2 is 2.16 bits per heavy atom. The number of nitrogens with one attached hydrogen (secondary N) is 1. The molecule has 0 radical (unpaired) electrons. The number of nitrogens with zero attached hydrogens (tertiary/aromatic N) is 5. The van der Waals surface area contributed by atoms with E-state index in [1.165, 1.54) is 11.3 Å². The van der Waals surface area contributed by atoms with Crippen molar-refractivity contribution in [1.82, 2.24) is 29.6 Å². The molecule has 6 rings (SSSR count). The van der Waals surface area contributed by atoms with Crippen LogP contribution in [0.2, 0.25) is 0 Å². The molecule has 32 heavy (non-hydrogen) atoms. The van der Waals surface area contributed by atoms with Crippen molar-refractivity contribution in [1.29, 1.82) is 0 Å². The van der Waals surface area contributed by atoms with Gasteiger partial charge in [-0.2, -0.15) is 10.1 Å². The highest BCUT2D eigenvalue weighted by molar-refractivity contribution is 7.20. The Labute approximate surface area is 186 Å². The summed E-state index contributed by atoms with van der Waals surface area (Å²) in [6.07, 6.45) is 6.98. The number of benzene rings is 1. The first-order chi connectivity index (χ1) is 15.7. The lowest BCUT2D eigenvalue weighted by Gasteiger charge is -2.31. The van der Waals surface area contributed by atoms with Gasteiger partial charge in [-0.1, -0.05) is 11.3 Å². The number of thiazole rings is 1. The van der Waals surface area contributed by atoms with Crippen LogP contribution in [0.15, 0.2) is 58.3 Å². The van der Waals surface area contributed by atoms with Crippen molar-refractivity contribution in [3.05, 3.63) is 65.2 Å². The predicted molar refractivity (Wildman–Crippen MR) is 120 cm³/mol. The summed E-state index contributed by atoms with van der Waals surface area (Å²) < 4.78 is 14.5. The van der Waals surface area contributed by atoms with Gasteiger partial charge in [-0.3, -0.25) is 9.47 Å². The average molecular weight is 449 g/mol. The molecule has 4 aromatic heterocycles. The molecule has 1 fully saturated rings. The number of ether oxygens (including phenoxy) is 1. The van der Waals surface area contributed by atoms with Gasteiger partial charge in [0.15, 0.2) is 5.65 Å². The number of likely N-dealkylation sites (tertiary alicyclic amines) is 1. The molecule has 0 saturated carbocycles. The van der Waals surface area contributed by atoms with Crippen LogP contribution in [0, 0.1) is 0 Å². The number of H-pyrrole nitrogens is 1. The molecule has 0 bridgehead atoms. The van der Waals surface area contributed by atoms with E-state index >= 15 is 0 Å². The normalized spacial score (nSPS) is 15.6. The molecule has 0 atom stereocenters. The highest BCUT2D eigenvalue weighted by Crippen LogP contribution is 2.33. The van der Waals surface area contributed by atoms with Crippen LogP contribution in [-0.2, 0) is 6.54 Å². The zero-order valence-electron chi connectivity index (χ0n) is 17.1. The molecule has 5 heterocycles. The number of fused-ring (bicyclic) bond motifs is 2.